The van der Waals surface area contributed by atoms with Crippen LogP contribution in [0.5, 0.6) is 23.1 Å². The lowest BCUT2D eigenvalue weighted by Gasteiger charge is -2.17. The number of rotatable bonds is 12. The number of allylic oxidation sites excluding steroid dienone is 2. The number of hydrogen-bond acceptors (Lipinski definition) is 12. The Hall–Kier alpha value is -4.90. The Bertz CT molecular complexity index is 1720. The highest BCUT2D eigenvalue weighted by Crippen LogP contribution is 2.48. The van der Waals surface area contributed by atoms with Crippen LogP contribution in [0.3, 0.4) is 0 Å². The molecule has 3 aliphatic heterocycles. The summed E-state index contributed by atoms with van der Waals surface area (Å²) in [5.74, 6) is -4.13. The Morgan fingerprint density at radius 1 is 1.00 bits per heavy atom. The minimum Gasteiger partial charge on any atom is -0.493 e. The van der Waals surface area contributed by atoms with Gasteiger partial charge in [-0.05, 0) is 30.6 Å². The second-order valence-electron chi connectivity index (χ2n) is 9.79. The molecule has 0 fully saturated rings. The maximum atomic E-state index is 13.7. The second kappa shape index (κ2) is 12.4. The molecular weight excluding hydrogens is 620 g/mol. The first-order valence-electron chi connectivity index (χ1n) is 13.3. The molecular formula is C27H26N4O11S2. The van der Waals surface area contributed by atoms with Gasteiger partial charge in [0.1, 0.15) is 30.2 Å². The summed E-state index contributed by atoms with van der Waals surface area (Å²) in [4.78, 5) is 55.3. The number of ether oxygens (including phenoxy) is 3. The monoisotopic (exact) mass is 646 g/mol. The molecule has 0 spiro atoms. The number of aliphatic imine (C=N–C) groups is 1. The maximum Gasteiger partial charge on any atom is 0.323 e. The number of carbonyl (C=O) groups excluding carboxylic acids is 1. The van der Waals surface area contributed by atoms with E-state index < -0.39 is 49.3 Å². The molecule has 4 heterocycles. The predicted octanol–water partition coefficient (Wildman–Crippen LogP) is 3.13. The van der Waals surface area contributed by atoms with Gasteiger partial charge in [0, 0.05) is 18.2 Å². The zero-order chi connectivity index (χ0) is 31.7. The zero-order valence-electron chi connectivity index (χ0n) is 23.1. The van der Waals surface area contributed by atoms with Gasteiger partial charge in [-0.15, -0.1) is 0 Å². The molecule has 17 heteroatoms. The maximum absolute atomic E-state index is 13.7. The van der Waals surface area contributed by atoms with Crippen LogP contribution in [0, 0.1) is 3.95 Å². The number of carboxylic acids is 3. The summed E-state index contributed by atoms with van der Waals surface area (Å²) in [6.45, 7) is 0.0461. The summed E-state index contributed by atoms with van der Waals surface area (Å²) >= 11 is 5.98. The average molecular weight is 647 g/mol. The van der Waals surface area contributed by atoms with Gasteiger partial charge in [-0.2, -0.15) is 0 Å². The smallest absolute Gasteiger partial charge is 0.323 e. The molecule has 1 aromatic carbocycles. The van der Waals surface area contributed by atoms with E-state index >= 15 is 0 Å². The summed E-state index contributed by atoms with van der Waals surface area (Å²) in [7, 11) is 0. The van der Waals surface area contributed by atoms with E-state index in [1.807, 2.05) is 6.92 Å². The molecule has 2 aromatic rings. The van der Waals surface area contributed by atoms with Crippen molar-refractivity contribution in [2.24, 2.45) is 4.99 Å². The van der Waals surface area contributed by atoms with Crippen LogP contribution in [0.1, 0.15) is 37.5 Å². The molecule has 0 radical (unpaired) electrons. The molecule has 232 valence electrons. The number of unbranched alkanes of at least 4 members (excludes halogenated alkanes) is 2. The van der Waals surface area contributed by atoms with Crippen LogP contribution in [0.2, 0.25) is 0 Å². The van der Waals surface area contributed by atoms with Crippen molar-refractivity contribution in [3.05, 3.63) is 44.2 Å². The Morgan fingerprint density at radius 2 is 1.66 bits per heavy atom. The van der Waals surface area contributed by atoms with E-state index in [-0.39, 0.29) is 33.0 Å². The number of carboxylic acid groups (broad SMARTS) is 3. The average Bonchev–Trinajstić information content (AvgIpc) is 3.69. The van der Waals surface area contributed by atoms with E-state index in [2.05, 4.69) is 4.99 Å². The fraction of sp³-hybridized carbons (Fsp3) is 0.333. The number of amidine groups is 1. The van der Waals surface area contributed by atoms with Crippen molar-refractivity contribution >= 4 is 58.9 Å². The molecule has 4 N–H and O–H groups in total. The molecule has 1 amide bonds. The Labute approximate surface area is 258 Å². The van der Waals surface area contributed by atoms with Crippen LogP contribution in [-0.2, 0) is 25.7 Å². The highest BCUT2D eigenvalue weighted by molar-refractivity contribution is 7.73. The van der Waals surface area contributed by atoms with Crippen LogP contribution in [0.25, 0.3) is 0 Å². The number of benzene rings is 1. The number of fused-ring (bicyclic) bond motifs is 2. The van der Waals surface area contributed by atoms with Crippen molar-refractivity contribution in [1.29, 1.82) is 0 Å². The molecule has 0 saturated heterocycles. The van der Waals surface area contributed by atoms with Gasteiger partial charge in [-0.1, -0.05) is 31.1 Å². The third-order valence-corrected chi connectivity index (χ3v) is 8.18. The number of anilines is 1. The fourth-order valence-corrected chi connectivity index (χ4v) is 6.08. The third-order valence-electron chi connectivity index (χ3n) is 6.75. The fourth-order valence-electron chi connectivity index (χ4n) is 4.79. The van der Waals surface area contributed by atoms with Crippen molar-refractivity contribution in [3.63, 3.8) is 0 Å². The first-order chi connectivity index (χ1) is 21.0. The number of aliphatic carboxylic acids is 3. The van der Waals surface area contributed by atoms with Crippen LogP contribution in [0.15, 0.2) is 40.4 Å². The summed E-state index contributed by atoms with van der Waals surface area (Å²) in [6.07, 6.45) is 4.02. The Kier molecular flexibility index (Phi) is 8.59. The van der Waals surface area contributed by atoms with Crippen LogP contribution >= 0.6 is 23.6 Å². The molecule has 0 bridgehead atoms. The molecule has 1 aromatic heterocycles. The predicted molar refractivity (Wildman–Crippen MR) is 156 cm³/mol. The van der Waals surface area contributed by atoms with Gasteiger partial charge in [0.25, 0.3) is 5.91 Å². The standard InChI is InChI=1S/C27H26N4O11S2/c1-2-3-4-5-13(6-18-29(9-19(32)33)14-7-16-17(41-12-40-16)8-15(14)42-18)22-25(38)30(10-20(34)35)24(28-22)23-26(39)31(11-21(36)37)27(43)44-23/h6-8,39H,2-5,9-12H2,1H3,(H,32,33)(H,34,35)(H,36,37)/b18-6-,22-13?. The summed E-state index contributed by atoms with van der Waals surface area (Å²) in [6, 6.07) is 3.16. The first kappa shape index (κ1) is 30.6. The van der Waals surface area contributed by atoms with Gasteiger partial charge >= 0.3 is 17.9 Å². The summed E-state index contributed by atoms with van der Waals surface area (Å²) in [5.41, 5.74) is 0.595. The van der Waals surface area contributed by atoms with Crippen molar-refractivity contribution in [2.75, 3.05) is 24.8 Å². The SMILES string of the molecule is CCCCCC(/C=C1\Oc2cc3c(cc2N1CC(=O)O)OCO3)=C1N=C(c2sc(=S)n(CC(=O)O)c2O)N(CC(=O)O)C1=O. The summed E-state index contributed by atoms with van der Waals surface area (Å²) in [5, 5.41) is 39.3. The van der Waals surface area contributed by atoms with Gasteiger partial charge in [-0.25, -0.2) is 4.99 Å². The van der Waals surface area contributed by atoms with E-state index in [0.717, 1.165) is 33.6 Å². The molecule has 44 heavy (non-hydrogen) atoms. The molecule has 3 aliphatic rings. The molecule has 0 atom stereocenters. The quantitative estimate of drug-likeness (QED) is 0.149. The normalized spacial score (nSPS) is 17.2. The van der Waals surface area contributed by atoms with E-state index in [9.17, 15) is 39.6 Å². The Morgan fingerprint density at radius 3 is 2.32 bits per heavy atom. The molecule has 15 nitrogen and oxygen atoms in total. The first-order valence-corrected chi connectivity index (χ1v) is 14.5. The van der Waals surface area contributed by atoms with Crippen molar-refractivity contribution < 1.29 is 53.8 Å². The lowest BCUT2D eigenvalue weighted by Crippen LogP contribution is -2.37. The van der Waals surface area contributed by atoms with Crippen molar-refractivity contribution in [1.82, 2.24) is 9.47 Å². The number of aromatic nitrogens is 1. The number of thiazole rings is 1. The lowest BCUT2D eigenvalue weighted by atomic mass is 10.0. The molecule has 5 rings (SSSR count). The molecule has 0 unspecified atom stereocenters. The number of nitrogens with zero attached hydrogens (tertiary/aromatic N) is 4. The number of hydrogen-bond donors (Lipinski definition) is 4. The van der Waals surface area contributed by atoms with E-state index in [0.29, 0.717) is 41.4 Å². The third kappa shape index (κ3) is 5.96. The van der Waals surface area contributed by atoms with Crippen molar-refractivity contribution in [2.45, 2.75) is 39.2 Å². The van der Waals surface area contributed by atoms with E-state index in [4.69, 9.17) is 26.4 Å². The number of aromatic hydroxyl groups is 1. The topological polar surface area (TPSA) is 201 Å². The highest BCUT2D eigenvalue weighted by Gasteiger charge is 2.38. The summed E-state index contributed by atoms with van der Waals surface area (Å²) < 4.78 is 17.8. The zero-order valence-corrected chi connectivity index (χ0v) is 24.8. The van der Waals surface area contributed by atoms with Gasteiger partial charge in [0.05, 0.1) is 5.69 Å². The van der Waals surface area contributed by atoms with Gasteiger partial charge in [0.2, 0.25) is 18.6 Å². The van der Waals surface area contributed by atoms with E-state index in [1.54, 1.807) is 12.1 Å². The van der Waals surface area contributed by atoms with Crippen molar-refractivity contribution in [3.8, 4) is 23.1 Å². The van der Waals surface area contributed by atoms with Crippen LogP contribution < -0.4 is 19.1 Å². The largest absolute Gasteiger partial charge is 0.493 e. The highest BCUT2D eigenvalue weighted by atomic mass is 32.1. The van der Waals surface area contributed by atoms with Crippen LogP contribution in [-0.4, -0.2) is 79.4 Å². The second-order valence-corrected chi connectivity index (χ2v) is 11.4. The number of carbonyl (C=O) groups is 4. The van der Waals surface area contributed by atoms with Gasteiger partial charge < -0.3 is 34.6 Å². The van der Waals surface area contributed by atoms with E-state index in [1.165, 1.54) is 11.0 Å². The van der Waals surface area contributed by atoms with Crippen LogP contribution in [0.4, 0.5) is 5.69 Å². The molecule has 0 aliphatic carbocycles. The lowest BCUT2D eigenvalue weighted by molar-refractivity contribution is -0.140. The minimum absolute atomic E-state index is 0.00584. The Balaban J connectivity index is 1.64. The number of amides is 1. The molecule has 0 saturated carbocycles. The van der Waals surface area contributed by atoms with Gasteiger partial charge in [-0.3, -0.25) is 33.5 Å². The van der Waals surface area contributed by atoms with Gasteiger partial charge in [0.15, 0.2) is 27.0 Å². The minimum atomic E-state index is -1.36.